The van der Waals surface area contributed by atoms with Crippen LogP contribution in [-0.2, 0) is 9.59 Å². The van der Waals surface area contributed by atoms with Crippen LogP contribution in [0.5, 0.6) is 0 Å². The Morgan fingerprint density at radius 2 is 2.06 bits per heavy atom. The Balaban J connectivity index is 2.90. The van der Waals surface area contributed by atoms with Crippen LogP contribution in [0, 0.1) is 0 Å². The molecular weight excluding hydrogens is 241 g/mol. The maximum Gasteiger partial charge on any atom is 0.417 e. The van der Waals surface area contributed by atoms with Gasteiger partial charge in [0.15, 0.2) is 0 Å². The van der Waals surface area contributed by atoms with Crippen LogP contribution in [0.3, 0.4) is 0 Å². The van der Waals surface area contributed by atoms with Crippen LogP contribution in [0.15, 0.2) is 0 Å². The molecule has 2 atom stereocenters. The number of carboxylic acids is 1. The number of amides is 1. The van der Waals surface area contributed by atoms with Gasteiger partial charge in [-0.1, -0.05) is 0 Å². The monoisotopic (exact) mass is 254 g/mol. The minimum absolute atomic E-state index is 0.161. The third-order valence-electron chi connectivity index (χ3n) is 2.89. The lowest BCUT2D eigenvalue weighted by atomic mass is 10.00. The summed E-state index contributed by atoms with van der Waals surface area (Å²) in [5.41, 5.74) is -3.11. The first-order valence-electron chi connectivity index (χ1n) is 4.92. The molecule has 0 bridgehead atoms. The van der Waals surface area contributed by atoms with Gasteiger partial charge in [-0.15, -0.1) is 0 Å². The van der Waals surface area contributed by atoms with Gasteiger partial charge >= 0.3 is 12.1 Å². The van der Waals surface area contributed by atoms with Crippen molar-refractivity contribution in [3.05, 3.63) is 0 Å². The van der Waals surface area contributed by atoms with Crippen LogP contribution in [0.25, 0.3) is 0 Å². The number of likely N-dealkylation sites (N-methyl/N-ethyl adjacent to an activating group) is 1. The molecule has 1 aliphatic rings. The summed E-state index contributed by atoms with van der Waals surface area (Å²) in [5.74, 6) is -2.57. The van der Waals surface area contributed by atoms with Crippen LogP contribution in [0.2, 0.25) is 0 Å². The van der Waals surface area contributed by atoms with Crippen LogP contribution >= 0.6 is 0 Å². The van der Waals surface area contributed by atoms with Gasteiger partial charge < -0.3 is 10.0 Å². The Kier molecular flexibility index (Phi) is 3.37. The van der Waals surface area contributed by atoms with Gasteiger partial charge in [0.25, 0.3) is 0 Å². The van der Waals surface area contributed by atoms with E-state index >= 15 is 0 Å². The molecule has 1 amide bonds. The first kappa shape index (κ1) is 13.8. The van der Waals surface area contributed by atoms with E-state index in [-0.39, 0.29) is 6.42 Å². The highest BCUT2D eigenvalue weighted by Crippen LogP contribution is 2.31. The molecule has 0 aromatic rings. The second-order valence-electron chi connectivity index (χ2n) is 4.17. The number of rotatable bonds is 3. The summed E-state index contributed by atoms with van der Waals surface area (Å²) in [6.07, 6.45) is -4.81. The van der Waals surface area contributed by atoms with Crippen molar-refractivity contribution in [2.75, 3.05) is 13.6 Å². The molecule has 0 aromatic heterocycles. The largest absolute Gasteiger partial charge is 0.480 e. The number of alkyl halides is 3. The summed E-state index contributed by atoms with van der Waals surface area (Å²) >= 11 is 0. The SMILES string of the molecule is CN1CCC(NC(C)(C(=O)O)C(F)(F)F)C1=O. The molecule has 0 aromatic carbocycles. The Morgan fingerprint density at radius 1 is 1.53 bits per heavy atom. The van der Waals surface area contributed by atoms with E-state index in [0.29, 0.717) is 13.5 Å². The first-order chi connectivity index (χ1) is 7.59. The summed E-state index contributed by atoms with van der Waals surface area (Å²) < 4.78 is 38.0. The summed E-state index contributed by atoms with van der Waals surface area (Å²) in [7, 11) is 1.45. The van der Waals surface area contributed by atoms with E-state index in [4.69, 9.17) is 5.11 Å². The topological polar surface area (TPSA) is 69.6 Å². The minimum atomic E-state index is -4.97. The van der Waals surface area contributed by atoms with E-state index in [0.717, 1.165) is 0 Å². The molecule has 1 rings (SSSR count). The summed E-state index contributed by atoms with van der Waals surface area (Å²) in [6, 6.07) is -1.11. The Labute approximate surface area is 95.6 Å². The molecule has 2 N–H and O–H groups in total. The van der Waals surface area contributed by atoms with Crippen molar-refractivity contribution >= 4 is 11.9 Å². The smallest absolute Gasteiger partial charge is 0.417 e. The molecule has 1 heterocycles. The highest BCUT2D eigenvalue weighted by atomic mass is 19.4. The fourth-order valence-electron chi connectivity index (χ4n) is 1.57. The van der Waals surface area contributed by atoms with Gasteiger partial charge in [0.2, 0.25) is 11.4 Å². The molecular formula is C9H13F3N2O3. The number of hydrogen-bond donors (Lipinski definition) is 2. The maximum atomic E-state index is 12.7. The van der Waals surface area contributed by atoms with Crippen molar-refractivity contribution in [1.82, 2.24) is 10.2 Å². The number of carbonyl (C=O) groups is 2. The second kappa shape index (κ2) is 4.17. The zero-order valence-corrected chi connectivity index (χ0v) is 9.34. The standard InChI is InChI=1S/C9H13F3N2O3/c1-8(7(16)17,9(10,11)12)13-5-3-4-14(2)6(5)15/h5,13H,3-4H2,1-2H3,(H,16,17). The van der Waals surface area contributed by atoms with Gasteiger partial charge in [0.1, 0.15) is 0 Å². The van der Waals surface area contributed by atoms with Gasteiger partial charge in [-0.05, 0) is 13.3 Å². The molecule has 17 heavy (non-hydrogen) atoms. The zero-order valence-electron chi connectivity index (χ0n) is 9.34. The van der Waals surface area contributed by atoms with E-state index in [1.165, 1.54) is 11.9 Å². The molecule has 1 saturated heterocycles. The molecule has 8 heteroatoms. The van der Waals surface area contributed by atoms with Gasteiger partial charge in [0, 0.05) is 13.6 Å². The lowest BCUT2D eigenvalue weighted by molar-refractivity contribution is -0.207. The predicted molar refractivity (Wildman–Crippen MR) is 51.3 cm³/mol. The van der Waals surface area contributed by atoms with Crippen molar-refractivity contribution < 1.29 is 27.9 Å². The third-order valence-corrected chi connectivity index (χ3v) is 2.89. The van der Waals surface area contributed by atoms with Gasteiger partial charge in [-0.2, -0.15) is 13.2 Å². The van der Waals surface area contributed by atoms with Crippen molar-refractivity contribution in [1.29, 1.82) is 0 Å². The van der Waals surface area contributed by atoms with Crippen molar-refractivity contribution in [2.45, 2.75) is 31.1 Å². The number of carbonyl (C=O) groups excluding carboxylic acids is 1. The number of aliphatic carboxylic acids is 1. The Bertz CT molecular complexity index is 345. The van der Waals surface area contributed by atoms with E-state index < -0.39 is 29.6 Å². The maximum absolute atomic E-state index is 12.7. The average molecular weight is 254 g/mol. The molecule has 5 nitrogen and oxygen atoms in total. The number of likely N-dealkylation sites (tertiary alicyclic amines) is 1. The van der Waals surface area contributed by atoms with Gasteiger partial charge in [-0.3, -0.25) is 10.1 Å². The summed E-state index contributed by atoms with van der Waals surface area (Å²) in [5, 5.41) is 10.6. The number of nitrogens with zero attached hydrogens (tertiary/aromatic N) is 1. The fraction of sp³-hybridized carbons (Fsp3) is 0.778. The third kappa shape index (κ3) is 2.36. The van der Waals surface area contributed by atoms with Crippen molar-refractivity contribution in [3.63, 3.8) is 0 Å². The minimum Gasteiger partial charge on any atom is -0.480 e. The molecule has 0 saturated carbocycles. The van der Waals surface area contributed by atoms with E-state index in [2.05, 4.69) is 0 Å². The van der Waals surface area contributed by atoms with Crippen LogP contribution in [-0.4, -0.2) is 53.2 Å². The fourth-order valence-corrected chi connectivity index (χ4v) is 1.57. The van der Waals surface area contributed by atoms with Crippen LogP contribution in [0.4, 0.5) is 13.2 Å². The average Bonchev–Trinajstić information content (AvgIpc) is 2.47. The van der Waals surface area contributed by atoms with Crippen molar-refractivity contribution in [3.8, 4) is 0 Å². The number of carboxylic acid groups (broad SMARTS) is 1. The highest BCUT2D eigenvalue weighted by Gasteiger charge is 2.59. The van der Waals surface area contributed by atoms with E-state index in [1.807, 2.05) is 5.32 Å². The van der Waals surface area contributed by atoms with E-state index in [9.17, 15) is 22.8 Å². The van der Waals surface area contributed by atoms with Crippen LogP contribution in [0.1, 0.15) is 13.3 Å². The highest BCUT2D eigenvalue weighted by molar-refractivity contribution is 5.86. The molecule has 2 unspecified atom stereocenters. The summed E-state index contributed by atoms with van der Waals surface area (Å²) in [6.45, 7) is 0.824. The number of nitrogens with one attached hydrogen (secondary N) is 1. The Hall–Kier alpha value is -1.31. The molecule has 0 spiro atoms. The van der Waals surface area contributed by atoms with Crippen molar-refractivity contribution in [2.24, 2.45) is 0 Å². The predicted octanol–water partition coefficient (Wildman–Crippen LogP) is 0.212. The van der Waals surface area contributed by atoms with E-state index in [1.54, 1.807) is 0 Å². The molecule has 0 radical (unpaired) electrons. The summed E-state index contributed by atoms with van der Waals surface area (Å²) in [4.78, 5) is 23.4. The lowest BCUT2D eigenvalue weighted by Gasteiger charge is -2.30. The lowest BCUT2D eigenvalue weighted by Crippen LogP contribution is -2.64. The Morgan fingerprint density at radius 3 is 2.35 bits per heavy atom. The second-order valence-corrected chi connectivity index (χ2v) is 4.17. The zero-order chi connectivity index (χ0) is 13.4. The molecule has 0 aliphatic carbocycles. The first-order valence-corrected chi connectivity index (χ1v) is 4.92. The molecule has 1 fully saturated rings. The molecule has 98 valence electrons. The number of halogens is 3. The molecule has 1 aliphatic heterocycles. The normalized spacial score (nSPS) is 24.9. The van der Waals surface area contributed by atoms with Gasteiger partial charge in [-0.25, -0.2) is 4.79 Å². The quantitative estimate of drug-likeness (QED) is 0.755. The van der Waals surface area contributed by atoms with Crippen LogP contribution < -0.4 is 5.32 Å². The van der Waals surface area contributed by atoms with Gasteiger partial charge in [0.05, 0.1) is 6.04 Å². The number of hydrogen-bond acceptors (Lipinski definition) is 3.